The van der Waals surface area contributed by atoms with Gasteiger partial charge in [0.15, 0.2) is 0 Å². The van der Waals surface area contributed by atoms with Gasteiger partial charge in [0.1, 0.15) is 0 Å². The maximum Gasteiger partial charge on any atom is 0.220 e. The van der Waals surface area contributed by atoms with Crippen molar-refractivity contribution in [2.24, 2.45) is 11.7 Å². The van der Waals surface area contributed by atoms with E-state index >= 15 is 0 Å². The van der Waals surface area contributed by atoms with E-state index in [9.17, 15) is 4.79 Å². The fraction of sp³-hybridized carbons (Fsp3) is 0.727. The number of carbonyl (C=O) groups excluding carboxylic acids is 1. The van der Waals surface area contributed by atoms with Gasteiger partial charge in [-0.25, -0.2) is 0 Å². The Labute approximate surface area is 85.7 Å². The van der Waals surface area contributed by atoms with Gasteiger partial charge in [-0.3, -0.25) is 4.79 Å². The zero-order chi connectivity index (χ0) is 10.4. The average Bonchev–Trinajstić information content (AvgIpc) is 2.56. The first-order chi connectivity index (χ1) is 6.68. The fourth-order valence-corrected chi connectivity index (χ4v) is 1.61. The van der Waals surface area contributed by atoms with Crippen molar-refractivity contribution in [2.45, 2.75) is 38.6 Å². The molecule has 0 bridgehead atoms. The summed E-state index contributed by atoms with van der Waals surface area (Å²) < 4.78 is 0. The molecule has 1 amide bonds. The first-order valence-electron chi connectivity index (χ1n) is 5.37. The van der Waals surface area contributed by atoms with Crippen molar-refractivity contribution in [3.05, 3.63) is 12.2 Å². The highest BCUT2D eigenvalue weighted by Gasteiger charge is 2.13. The molecular formula is C11H20N2O. The largest absolute Gasteiger partial charge is 0.356 e. The van der Waals surface area contributed by atoms with E-state index in [2.05, 4.69) is 17.5 Å². The van der Waals surface area contributed by atoms with Crippen molar-refractivity contribution in [2.75, 3.05) is 6.54 Å². The smallest absolute Gasteiger partial charge is 0.220 e. The van der Waals surface area contributed by atoms with Gasteiger partial charge in [-0.05, 0) is 32.1 Å². The van der Waals surface area contributed by atoms with Crippen LogP contribution >= 0.6 is 0 Å². The molecule has 0 aliphatic heterocycles. The summed E-state index contributed by atoms with van der Waals surface area (Å²) in [6, 6.07) is 0.168. The Kier molecular flexibility index (Phi) is 4.66. The normalized spacial score (nSPS) is 22.3. The lowest BCUT2D eigenvalue weighted by atomic mass is 10.1. The van der Waals surface area contributed by atoms with Crippen molar-refractivity contribution in [1.82, 2.24) is 5.32 Å². The minimum absolute atomic E-state index is 0.155. The minimum Gasteiger partial charge on any atom is -0.356 e. The number of hydrogen-bond donors (Lipinski definition) is 2. The summed E-state index contributed by atoms with van der Waals surface area (Å²) >= 11 is 0. The van der Waals surface area contributed by atoms with Crippen LogP contribution in [-0.4, -0.2) is 18.5 Å². The van der Waals surface area contributed by atoms with Crippen LogP contribution in [0.25, 0.3) is 0 Å². The molecule has 0 heterocycles. The van der Waals surface area contributed by atoms with E-state index in [1.54, 1.807) is 0 Å². The van der Waals surface area contributed by atoms with E-state index in [4.69, 9.17) is 5.73 Å². The van der Waals surface area contributed by atoms with Crippen LogP contribution in [0.5, 0.6) is 0 Å². The van der Waals surface area contributed by atoms with Gasteiger partial charge in [0.2, 0.25) is 5.91 Å². The first kappa shape index (κ1) is 11.2. The third-order valence-electron chi connectivity index (χ3n) is 2.48. The number of nitrogens with two attached hydrogens (primary N) is 1. The number of carbonyl (C=O) groups is 1. The Bertz CT molecular complexity index is 211. The topological polar surface area (TPSA) is 55.1 Å². The third-order valence-corrected chi connectivity index (χ3v) is 2.48. The Morgan fingerprint density at radius 3 is 3.07 bits per heavy atom. The molecule has 0 saturated heterocycles. The number of amides is 1. The maximum absolute atomic E-state index is 11.4. The molecule has 3 heteroatoms. The second-order valence-electron chi connectivity index (χ2n) is 4.09. The number of hydrogen-bond acceptors (Lipinski definition) is 2. The highest BCUT2D eigenvalue weighted by atomic mass is 16.1. The van der Waals surface area contributed by atoms with Crippen molar-refractivity contribution in [3.8, 4) is 0 Å². The van der Waals surface area contributed by atoms with Crippen molar-refractivity contribution < 1.29 is 4.79 Å². The van der Waals surface area contributed by atoms with Crippen LogP contribution in [-0.2, 0) is 4.79 Å². The molecule has 14 heavy (non-hydrogen) atoms. The molecule has 80 valence electrons. The zero-order valence-corrected chi connectivity index (χ0v) is 8.83. The molecular weight excluding hydrogens is 176 g/mol. The molecule has 0 aromatic carbocycles. The summed E-state index contributed by atoms with van der Waals surface area (Å²) in [6.45, 7) is 2.65. The standard InChI is InChI=1S/C11H20N2O/c1-9(12)6-7-13-11(14)8-10-4-2-3-5-10/h2,4,9-10H,3,5-8,12H2,1H3,(H,13,14). The Hall–Kier alpha value is -0.830. The van der Waals surface area contributed by atoms with Crippen LogP contribution in [0.3, 0.4) is 0 Å². The van der Waals surface area contributed by atoms with Gasteiger partial charge in [0.25, 0.3) is 0 Å². The molecule has 0 spiro atoms. The summed E-state index contributed by atoms with van der Waals surface area (Å²) in [5.74, 6) is 0.618. The Balaban J connectivity index is 2.06. The van der Waals surface area contributed by atoms with Gasteiger partial charge < -0.3 is 11.1 Å². The second kappa shape index (κ2) is 5.81. The summed E-state index contributed by atoms with van der Waals surface area (Å²) in [7, 11) is 0. The first-order valence-corrected chi connectivity index (χ1v) is 5.37. The lowest BCUT2D eigenvalue weighted by molar-refractivity contribution is -0.121. The predicted octanol–water partition coefficient (Wildman–Crippen LogP) is 1.20. The molecule has 0 fully saturated rings. The quantitative estimate of drug-likeness (QED) is 0.649. The van der Waals surface area contributed by atoms with E-state index in [1.165, 1.54) is 0 Å². The van der Waals surface area contributed by atoms with E-state index in [-0.39, 0.29) is 11.9 Å². The minimum atomic E-state index is 0.155. The van der Waals surface area contributed by atoms with Gasteiger partial charge in [-0.15, -0.1) is 0 Å². The molecule has 0 aromatic heterocycles. The van der Waals surface area contributed by atoms with Gasteiger partial charge in [-0.2, -0.15) is 0 Å². The molecule has 1 rings (SSSR count). The number of nitrogens with one attached hydrogen (secondary N) is 1. The van der Waals surface area contributed by atoms with E-state index in [1.807, 2.05) is 6.92 Å². The number of rotatable bonds is 5. The van der Waals surface area contributed by atoms with E-state index in [0.29, 0.717) is 18.9 Å². The predicted molar refractivity (Wildman–Crippen MR) is 57.8 cm³/mol. The molecule has 0 saturated carbocycles. The van der Waals surface area contributed by atoms with Crippen LogP contribution in [0, 0.1) is 5.92 Å². The lowest BCUT2D eigenvalue weighted by Gasteiger charge is -2.09. The van der Waals surface area contributed by atoms with Crippen LogP contribution < -0.4 is 11.1 Å². The van der Waals surface area contributed by atoms with E-state index in [0.717, 1.165) is 19.3 Å². The summed E-state index contributed by atoms with van der Waals surface area (Å²) in [5, 5.41) is 2.89. The van der Waals surface area contributed by atoms with Gasteiger partial charge in [-0.1, -0.05) is 12.2 Å². The van der Waals surface area contributed by atoms with Crippen LogP contribution in [0.4, 0.5) is 0 Å². The summed E-state index contributed by atoms with van der Waals surface area (Å²) in [6.07, 6.45) is 8.03. The Morgan fingerprint density at radius 1 is 1.71 bits per heavy atom. The van der Waals surface area contributed by atoms with Crippen molar-refractivity contribution >= 4 is 5.91 Å². The van der Waals surface area contributed by atoms with Gasteiger partial charge in [0, 0.05) is 19.0 Å². The fourth-order valence-electron chi connectivity index (χ4n) is 1.61. The monoisotopic (exact) mass is 196 g/mol. The zero-order valence-electron chi connectivity index (χ0n) is 8.83. The molecule has 3 N–H and O–H groups in total. The Morgan fingerprint density at radius 2 is 2.50 bits per heavy atom. The van der Waals surface area contributed by atoms with Crippen LogP contribution in [0.1, 0.15) is 32.6 Å². The van der Waals surface area contributed by atoms with Crippen molar-refractivity contribution in [3.63, 3.8) is 0 Å². The SMILES string of the molecule is CC(N)CCNC(=O)CC1C=CCC1. The maximum atomic E-state index is 11.4. The molecule has 0 aromatic rings. The van der Waals surface area contributed by atoms with Gasteiger partial charge in [0.05, 0.1) is 0 Å². The molecule has 1 aliphatic rings. The highest BCUT2D eigenvalue weighted by Crippen LogP contribution is 2.19. The molecule has 3 nitrogen and oxygen atoms in total. The molecule has 2 unspecified atom stereocenters. The van der Waals surface area contributed by atoms with E-state index < -0.39 is 0 Å². The number of allylic oxidation sites excluding steroid dienone is 2. The average molecular weight is 196 g/mol. The molecule has 0 radical (unpaired) electrons. The summed E-state index contributed by atoms with van der Waals surface area (Å²) in [4.78, 5) is 11.4. The molecule has 1 aliphatic carbocycles. The van der Waals surface area contributed by atoms with Gasteiger partial charge >= 0.3 is 0 Å². The molecule has 2 atom stereocenters. The third kappa shape index (κ3) is 4.42. The van der Waals surface area contributed by atoms with Crippen LogP contribution in [0.2, 0.25) is 0 Å². The van der Waals surface area contributed by atoms with Crippen LogP contribution in [0.15, 0.2) is 12.2 Å². The second-order valence-corrected chi connectivity index (χ2v) is 4.09. The lowest BCUT2D eigenvalue weighted by Crippen LogP contribution is -2.29. The van der Waals surface area contributed by atoms with Crippen molar-refractivity contribution in [1.29, 1.82) is 0 Å². The summed E-state index contributed by atoms with van der Waals surface area (Å²) in [5.41, 5.74) is 5.58. The highest BCUT2D eigenvalue weighted by molar-refractivity contribution is 5.76.